The van der Waals surface area contributed by atoms with Crippen LogP contribution in [-0.2, 0) is 17.9 Å². The zero-order valence-corrected chi connectivity index (χ0v) is 20.7. The maximum Gasteiger partial charge on any atom is 0.278 e. The molecule has 2 N–H and O–H groups in total. The summed E-state index contributed by atoms with van der Waals surface area (Å²) in [6, 6.07) is 14.4. The van der Waals surface area contributed by atoms with Crippen molar-refractivity contribution in [1.82, 2.24) is 19.9 Å². The molecule has 4 aromatic rings. The van der Waals surface area contributed by atoms with Crippen molar-refractivity contribution in [3.8, 4) is 17.0 Å². The molecule has 0 atom stereocenters. The molecular formula is C25H23Cl2N5O3. The van der Waals surface area contributed by atoms with Crippen LogP contribution >= 0.6 is 23.2 Å². The van der Waals surface area contributed by atoms with Crippen LogP contribution in [0.4, 0.5) is 5.69 Å². The van der Waals surface area contributed by atoms with Gasteiger partial charge in [0, 0.05) is 32.1 Å². The first-order chi connectivity index (χ1) is 16.9. The minimum absolute atomic E-state index is 0.173. The number of hydrogen-bond donors (Lipinski definition) is 2. The zero-order chi connectivity index (χ0) is 24.9. The molecule has 0 aliphatic carbocycles. The highest BCUT2D eigenvalue weighted by Crippen LogP contribution is 2.24. The molecule has 0 fully saturated rings. The molecule has 0 bridgehead atoms. The van der Waals surface area contributed by atoms with Crippen molar-refractivity contribution in [2.24, 2.45) is 0 Å². The van der Waals surface area contributed by atoms with Gasteiger partial charge in [-0.25, -0.2) is 9.97 Å². The molecule has 0 spiro atoms. The number of pyridine rings is 1. The van der Waals surface area contributed by atoms with E-state index in [0.29, 0.717) is 39.1 Å². The van der Waals surface area contributed by atoms with Gasteiger partial charge in [-0.05, 0) is 48.0 Å². The molecule has 0 saturated heterocycles. The van der Waals surface area contributed by atoms with Crippen molar-refractivity contribution in [3.05, 3.63) is 80.7 Å². The van der Waals surface area contributed by atoms with Crippen molar-refractivity contribution < 1.29 is 9.53 Å². The number of nitrogens with one attached hydrogen (secondary N) is 2. The summed E-state index contributed by atoms with van der Waals surface area (Å²) >= 11 is 12.1. The van der Waals surface area contributed by atoms with Crippen molar-refractivity contribution in [2.45, 2.75) is 20.0 Å². The van der Waals surface area contributed by atoms with Gasteiger partial charge in [0.15, 0.2) is 5.65 Å². The highest BCUT2D eigenvalue weighted by Gasteiger charge is 2.15. The molecule has 4 rings (SSSR count). The molecule has 0 aliphatic rings. The Morgan fingerprint density at radius 2 is 1.86 bits per heavy atom. The van der Waals surface area contributed by atoms with Crippen molar-refractivity contribution in [2.75, 3.05) is 19.0 Å². The number of anilines is 1. The smallest absolute Gasteiger partial charge is 0.278 e. The Kier molecular flexibility index (Phi) is 7.53. The number of ether oxygens (including phenoxy) is 1. The van der Waals surface area contributed by atoms with Gasteiger partial charge in [-0.3, -0.25) is 14.2 Å². The summed E-state index contributed by atoms with van der Waals surface area (Å²) in [6.07, 6.45) is 1.64. The number of hydrogen-bond acceptors (Lipinski definition) is 6. The van der Waals surface area contributed by atoms with Crippen LogP contribution < -0.4 is 20.9 Å². The van der Waals surface area contributed by atoms with Gasteiger partial charge in [-0.15, -0.1) is 0 Å². The van der Waals surface area contributed by atoms with Gasteiger partial charge in [0.05, 0.1) is 29.0 Å². The molecule has 2 aromatic carbocycles. The number of amides is 1. The van der Waals surface area contributed by atoms with Crippen LogP contribution in [0, 0.1) is 0 Å². The van der Waals surface area contributed by atoms with Crippen LogP contribution in [0.2, 0.25) is 10.0 Å². The number of fused-ring (bicyclic) bond motifs is 1. The lowest BCUT2D eigenvalue weighted by Gasteiger charge is -2.14. The Hall–Kier alpha value is -3.62. The molecule has 0 aliphatic heterocycles. The van der Waals surface area contributed by atoms with Crippen LogP contribution in [0.25, 0.3) is 22.4 Å². The monoisotopic (exact) mass is 511 g/mol. The number of benzene rings is 2. The topological polar surface area (TPSA) is 98.1 Å². The van der Waals surface area contributed by atoms with E-state index in [4.69, 9.17) is 27.9 Å². The van der Waals surface area contributed by atoms with Crippen molar-refractivity contribution in [3.63, 3.8) is 0 Å². The summed E-state index contributed by atoms with van der Waals surface area (Å²) in [4.78, 5) is 33.8. The fourth-order valence-electron chi connectivity index (χ4n) is 3.57. The molecule has 8 nitrogen and oxygen atoms in total. The number of rotatable bonds is 8. The van der Waals surface area contributed by atoms with E-state index in [1.165, 1.54) is 11.5 Å². The SMILES string of the molecule is COc1ccc(-c2nc3cc(NCc4ccc(Cl)c(Cl)c4)cnc3n(CCNC(C)=O)c2=O)cc1. The summed E-state index contributed by atoms with van der Waals surface area (Å²) in [5.41, 5.74) is 3.29. The fraction of sp³-hybridized carbons (Fsp3) is 0.200. The minimum atomic E-state index is -0.294. The first-order valence-corrected chi connectivity index (χ1v) is 11.6. The number of nitrogens with zero attached hydrogens (tertiary/aromatic N) is 3. The number of methoxy groups -OCH3 is 1. The minimum Gasteiger partial charge on any atom is -0.497 e. The van der Waals surface area contributed by atoms with E-state index in [2.05, 4.69) is 20.6 Å². The molecular weight excluding hydrogens is 489 g/mol. The van der Waals surface area contributed by atoms with Gasteiger partial charge in [0.25, 0.3) is 5.56 Å². The third-order valence-corrected chi connectivity index (χ3v) is 6.08. The van der Waals surface area contributed by atoms with Crippen LogP contribution in [-0.4, -0.2) is 34.1 Å². The second kappa shape index (κ2) is 10.8. The van der Waals surface area contributed by atoms with Crippen LogP contribution in [0.3, 0.4) is 0 Å². The maximum atomic E-state index is 13.3. The van der Waals surface area contributed by atoms with E-state index in [1.54, 1.807) is 49.7 Å². The second-order valence-corrected chi connectivity index (χ2v) is 8.61. The fourth-order valence-corrected chi connectivity index (χ4v) is 3.89. The van der Waals surface area contributed by atoms with Crippen molar-refractivity contribution >= 4 is 46.0 Å². The largest absolute Gasteiger partial charge is 0.497 e. The van der Waals surface area contributed by atoms with Gasteiger partial charge in [-0.1, -0.05) is 29.3 Å². The van der Waals surface area contributed by atoms with E-state index in [9.17, 15) is 9.59 Å². The average Bonchev–Trinajstić information content (AvgIpc) is 2.85. The summed E-state index contributed by atoms with van der Waals surface area (Å²) < 4.78 is 6.75. The molecule has 1 amide bonds. The predicted octanol–water partition coefficient (Wildman–Crippen LogP) is 4.52. The Bertz CT molecular complexity index is 1440. The summed E-state index contributed by atoms with van der Waals surface area (Å²) in [6.45, 7) is 2.47. The van der Waals surface area contributed by atoms with Gasteiger partial charge in [0.1, 0.15) is 17.0 Å². The molecule has 0 saturated carbocycles. The van der Waals surface area contributed by atoms with Gasteiger partial charge >= 0.3 is 0 Å². The molecule has 0 radical (unpaired) electrons. The van der Waals surface area contributed by atoms with Gasteiger partial charge in [0.2, 0.25) is 5.91 Å². The number of aromatic nitrogens is 3. The first kappa shape index (κ1) is 24.5. The van der Waals surface area contributed by atoms with Crippen LogP contribution in [0.5, 0.6) is 5.75 Å². The van der Waals surface area contributed by atoms with E-state index >= 15 is 0 Å². The highest BCUT2D eigenvalue weighted by molar-refractivity contribution is 6.42. The highest BCUT2D eigenvalue weighted by atomic mass is 35.5. The van der Waals surface area contributed by atoms with Crippen molar-refractivity contribution in [1.29, 1.82) is 0 Å². The predicted molar refractivity (Wildman–Crippen MR) is 138 cm³/mol. The Balaban J connectivity index is 1.72. The molecule has 0 unspecified atom stereocenters. The third-order valence-electron chi connectivity index (χ3n) is 5.34. The van der Waals surface area contributed by atoms with Crippen LogP contribution in [0.1, 0.15) is 12.5 Å². The van der Waals surface area contributed by atoms with E-state index < -0.39 is 0 Å². The molecule has 2 heterocycles. The molecule has 2 aromatic heterocycles. The average molecular weight is 512 g/mol. The standard InChI is InChI=1S/C25H23Cl2N5O3/c1-15(33)28-9-10-32-24-22(31-23(25(32)34)17-4-6-19(35-2)7-5-17)12-18(14-30-24)29-13-16-3-8-20(26)21(27)11-16/h3-8,11-12,14,29H,9-10,13H2,1-2H3,(H,28,33). The number of carbonyl (C=O) groups is 1. The van der Waals surface area contributed by atoms with Gasteiger partial charge < -0.3 is 15.4 Å². The van der Waals surface area contributed by atoms with Gasteiger partial charge in [-0.2, -0.15) is 0 Å². The number of halogens is 2. The normalized spacial score (nSPS) is 10.9. The molecule has 180 valence electrons. The quantitative estimate of drug-likeness (QED) is 0.360. The second-order valence-electron chi connectivity index (χ2n) is 7.80. The van der Waals surface area contributed by atoms with Crippen LogP contribution in [0.15, 0.2) is 59.5 Å². The summed E-state index contributed by atoms with van der Waals surface area (Å²) in [5, 5.41) is 7.00. The molecule has 10 heteroatoms. The lowest BCUT2D eigenvalue weighted by Crippen LogP contribution is -2.31. The summed E-state index contributed by atoms with van der Waals surface area (Å²) in [5.74, 6) is 0.504. The lowest BCUT2D eigenvalue weighted by atomic mass is 10.1. The number of carbonyl (C=O) groups excluding carboxylic acids is 1. The maximum absolute atomic E-state index is 13.3. The Labute approximate surface area is 211 Å². The first-order valence-electron chi connectivity index (χ1n) is 10.8. The molecule has 35 heavy (non-hydrogen) atoms. The van der Waals surface area contributed by atoms with E-state index in [-0.39, 0.29) is 30.2 Å². The zero-order valence-electron chi connectivity index (χ0n) is 19.1. The third kappa shape index (κ3) is 5.72. The van der Waals surface area contributed by atoms with E-state index in [1.807, 2.05) is 12.1 Å². The Morgan fingerprint density at radius 1 is 1.09 bits per heavy atom. The lowest BCUT2D eigenvalue weighted by molar-refractivity contribution is -0.118. The Morgan fingerprint density at radius 3 is 2.54 bits per heavy atom. The summed E-state index contributed by atoms with van der Waals surface area (Å²) in [7, 11) is 1.58. The van der Waals surface area contributed by atoms with E-state index in [0.717, 1.165) is 11.3 Å².